The van der Waals surface area contributed by atoms with Crippen molar-refractivity contribution in [3.8, 4) is 5.75 Å². The molecular weight excluding hydrogens is 196 g/mol. The number of hydrogen-bond donors (Lipinski definition) is 0. The molecular formula is C15H22O. The van der Waals surface area contributed by atoms with Gasteiger partial charge in [0, 0.05) is 0 Å². The second-order valence-corrected chi connectivity index (χ2v) is 4.30. The minimum atomic E-state index is 0.821. The Morgan fingerprint density at radius 3 is 2.50 bits per heavy atom. The molecule has 0 unspecified atom stereocenters. The van der Waals surface area contributed by atoms with Crippen LogP contribution in [0.25, 0.3) is 0 Å². The van der Waals surface area contributed by atoms with Crippen LogP contribution >= 0.6 is 0 Å². The van der Waals surface area contributed by atoms with E-state index in [1.165, 1.54) is 17.6 Å². The highest BCUT2D eigenvalue weighted by Crippen LogP contribution is 2.14. The summed E-state index contributed by atoms with van der Waals surface area (Å²) in [6.45, 7) is 8.98. The van der Waals surface area contributed by atoms with E-state index in [-0.39, 0.29) is 0 Å². The van der Waals surface area contributed by atoms with Crippen LogP contribution in [0.4, 0.5) is 0 Å². The summed E-state index contributed by atoms with van der Waals surface area (Å²) < 4.78 is 5.61. The van der Waals surface area contributed by atoms with E-state index in [2.05, 4.69) is 44.7 Å². The quantitative estimate of drug-likeness (QED) is 0.487. The van der Waals surface area contributed by atoms with Gasteiger partial charge < -0.3 is 4.74 Å². The van der Waals surface area contributed by atoms with Gasteiger partial charge in [-0.3, -0.25) is 0 Å². The Hall–Kier alpha value is -1.24. The molecule has 0 aromatic heterocycles. The van der Waals surface area contributed by atoms with Gasteiger partial charge in [-0.15, -0.1) is 6.58 Å². The highest BCUT2D eigenvalue weighted by molar-refractivity contribution is 5.27. The van der Waals surface area contributed by atoms with Gasteiger partial charge >= 0.3 is 0 Å². The predicted molar refractivity (Wildman–Crippen MR) is 70.0 cm³/mol. The molecule has 0 fully saturated rings. The highest BCUT2D eigenvalue weighted by Gasteiger charge is 1.96. The molecule has 1 heteroatoms. The molecule has 0 radical (unpaired) electrons. The van der Waals surface area contributed by atoms with Crippen LogP contribution in [0, 0.1) is 0 Å². The molecule has 0 atom stereocenters. The highest BCUT2D eigenvalue weighted by atomic mass is 16.5. The van der Waals surface area contributed by atoms with Crippen LogP contribution in [0.2, 0.25) is 0 Å². The van der Waals surface area contributed by atoms with E-state index in [9.17, 15) is 0 Å². The Morgan fingerprint density at radius 1 is 1.25 bits per heavy atom. The predicted octanol–water partition coefficient (Wildman–Crippen LogP) is 4.37. The van der Waals surface area contributed by atoms with Crippen molar-refractivity contribution in [1.82, 2.24) is 0 Å². The summed E-state index contributed by atoms with van der Waals surface area (Å²) in [6.07, 6.45) is 4.44. The Kier molecular flexibility index (Phi) is 5.69. The third-order valence-corrected chi connectivity index (χ3v) is 2.53. The fraction of sp³-hybridized carbons (Fsp3) is 0.467. The van der Waals surface area contributed by atoms with Gasteiger partial charge in [0.2, 0.25) is 0 Å². The number of ether oxygens (including phenoxy) is 1. The van der Waals surface area contributed by atoms with E-state index in [1.54, 1.807) is 0 Å². The molecule has 0 N–H and O–H groups in total. The number of aryl methyl sites for hydroxylation is 1. The van der Waals surface area contributed by atoms with Crippen LogP contribution < -0.4 is 4.74 Å². The Balaban J connectivity index is 2.38. The summed E-state index contributed by atoms with van der Waals surface area (Å²) in [7, 11) is 0. The summed E-state index contributed by atoms with van der Waals surface area (Å²) in [5, 5.41) is 0. The van der Waals surface area contributed by atoms with Gasteiger partial charge in [0.05, 0.1) is 6.61 Å². The molecule has 0 aliphatic carbocycles. The normalized spacial score (nSPS) is 10.1. The number of unbranched alkanes of at least 4 members (excludes halogenated alkanes) is 1. The van der Waals surface area contributed by atoms with Crippen molar-refractivity contribution in [1.29, 1.82) is 0 Å². The fourth-order valence-electron chi connectivity index (χ4n) is 1.44. The first-order valence-corrected chi connectivity index (χ1v) is 6.08. The molecule has 0 bridgehead atoms. The van der Waals surface area contributed by atoms with E-state index in [1.807, 2.05) is 0 Å². The molecule has 0 saturated heterocycles. The summed E-state index contributed by atoms with van der Waals surface area (Å²) in [5.41, 5.74) is 2.59. The maximum atomic E-state index is 5.61. The molecule has 0 aliphatic heterocycles. The second-order valence-electron chi connectivity index (χ2n) is 4.30. The van der Waals surface area contributed by atoms with E-state index in [0.29, 0.717) is 0 Å². The van der Waals surface area contributed by atoms with Gasteiger partial charge in [0.1, 0.15) is 5.75 Å². The number of benzene rings is 1. The number of rotatable bonds is 7. The summed E-state index contributed by atoms with van der Waals surface area (Å²) in [6, 6.07) is 8.40. The Morgan fingerprint density at radius 2 is 1.94 bits per heavy atom. The first kappa shape index (κ1) is 12.8. The minimum Gasteiger partial charge on any atom is -0.494 e. The number of allylic oxidation sites excluding steroid dienone is 1. The van der Waals surface area contributed by atoms with Crippen molar-refractivity contribution < 1.29 is 4.74 Å². The van der Waals surface area contributed by atoms with E-state index in [4.69, 9.17) is 4.74 Å². The van der Waals surface area contributed by atoms with Crippen LogP contribution in [0.3, 0.4) is 0 Å². The van der Waals surface area contributed by atoms with Gasteiger partial charge in [-0.25, -0.2) is 0 Å². The zero-order valence-electron chi connectivity index (χ0n) is 10.5. The molecule has 0 amide bonds. The van der Waals surface area contributed by atoms with Crippen LogP contribution in [0.1, 0.15) is 38.7 Å². The molecule has 88 valence electrons. The van der Waals surface area contributed by atoms with Crippen LogP contribution in [0.15, 0.2) is 36.4 Å². The first-order chi connectivity index (χ1) is 7.72. The minimum absolute atomic E-state index is 0.821. The molecule has 1 aromatic rings. The van der Waals surface area contributed by atoms with Gasteiger partial charge in [-0.2, -0.15) is 0 Å². The SMILES string of the molecule is C=C(C)CCc1ccc(OCCCC)cc1. The maximum absolute atomic E-state index is 5.61. The van der Waals surface area contributed by atoms with Crippen LogP contribution in [-0.4, -0.2) is 6.61 Å². The Bertz CT molecular complexity index is 311. The lowest BCUT2D eigenvalue weighted by Crippen LogP contribution is -1.96. The fourth-order valence-corrected chi connectivity index (χ4v) is 1.44. The molecule has 0 saturated carbocycles. The Labute approximate surface area is 99.1 Å². The summed E-state index contributed by atoms with van der Waals surface area (Å²) in [4.78, 5) is 0. The standard InChI is InChI=1S/C15H22O/c1-4-5-12-16-15-10-8-14(9-11-15)7-6-13(2)3/h8-11H,2,4-7,12H2,1,3H3. The van der Waals surface area contributed by atoms with Gasteiger partial charge in [-0.05, 0) is 43.9 Å². The first-order valence-electron chi connectivity index (χ1n) is 6.08. The largest absolute Gasteiger partial charge is 0.494 e. The monoisotopic (exact) mass is 218 g/mol. The molecule has 1 nitrogen and oxygen atoms in total. The maximum Gasteiger partial charge on any atom is 0.119 e. The van der Waals surface area contributed by atoms with Gasteiger partial charge in [0.25, 0.3) is 0 Å². The van der Waals surface area contributed by atoms with Gasteiger partial charge in [0.15, 0.2) is 0 Å². The molecule has 1 rings (SSSR count). The smallest absolute Gasteiger partial charge is 0.119 e. The second kappa shape index (κ2) is 7.10. The van der Waals surface area contributed by atoms with Crippen molar-refractivity contribution in [2.45, 2.75) is 39.5 Å². The van der Waals surface area contributed by atoms with E-state index < -0.39 is 0 Å². The van der Waals surface area contributed by atoms with Crippen LogP contribution in [0.5, 0.6) is 5.75 Å². The molecule has 0 aliphatic rings. The van der Waals surface area contributed by atoms with Crippen molar-refractivity contribution in [3.05, 3.63) is 42.0 Å². The van der Waals surface area contributed by atoms with Gasteiger partial charge in [-0.1, -0.05) is 31.1 Å². The summed E-state index contributed by atoms with van der Waals surface area (Å²) >= 11 is 0. The lowest BCUT2D eigenvalue weighted by molar-refractivity contribution is 0.309. The van der Waals surface area contributed by atoms with E-state index >= 15 is 0 Å². The van der Waals surface area contributed by atoms with E-state index in [0.717, 1.165) is 31.6 Å². The molecule has 1 aromatic carbocycles. The van der Waals surface area contributed by atoms with Crippen molar-refractivity contribution in [2.75, 3.05) is 6.61 Å². The molecule has 0 heterocycles. The topological polar surface area (TPSA) is 9.23 Å². The number of hydrogen-bond acceptors (Lipinski definition) is 1. The summed E-state index contributed by atoms with van der Waals surface area (Å²) in [5.74, 6) is 0.979. The molecule has 16 heavy (non-hydrogen) atoms. The molecule has 0 spiro atoms. The lowest BCUT2D eigenvalue weighted by Gasteiger charge is -2.06. The van der Waals surface area contributed by atoms with Crippen molar-refractivity contribution in [2.24, 2.45) is 0 Å². The zero-order valence-corrected chi connectivity index (χ0v) is 10.5. The van der Waals surface area contributed by atoms with Crippen LogP contribution in [-0.2, 0) is 6.42 Å². The average Bonchev–Trinajstić information content (AvgIpc) is 2.28. The lowest BCUT2D eigenvalue weighted by atomic mass is 10.1. The average molecular weight is 218 g/mol. The van der Waals surface area contributed by atoms with Crippen molar-refractivity contribution in [3.63, 3.8) is 0 Å². The van der Waals surface area contributed by atoms with Crippen molar-refractivity contribution >= 4 is 0 Å². The zero-order chi connectivity index (χ0) is 11.8. The third kappa shape index (κ3) is 5.01. The third-order valence-electron chi connectivity index (χ3n) is 2.53.